The molecule has 2 aliphatic rings. The standard InChI is InChI=1S/C18H26N2O3/c21-17-12-20(10-11-23-14-17)18(22)13-19-8-6-16(7-9-19)15-4-2-1-3-5-15/h1-5,16-17,21H,6-14H2/t17-/m1/s1. The molecule has 2 aliphatic heterocycles. The van der Waals surface area contributed by atoms with Crippen molar-refractivity contribution in [1.29, 1.82) is 0 Å². The number of carbonyl (C=O) groups excluding carboxylic acids is 1. The lowest BCUT2D eigenvalue weighted by Crippen LogP contribution is -2.45. The zero-order valence-electron chi connectivity index (χ0n) is 13.6. The third-order valence-electron chi connectivity index (χ3n) is 4.82. The molecule has 0 aliphatic carbocycles. The molecule has 1 amide bonds. The van der Waals surface area contributed by atoms with E-state index in [0.29, 0.717) is 38.8 Å². The molecule has 1 N–H and O–H groups in total. The zero-order valence-corrected chi connectivity index (χ0v) is 13.6. The van der Waals surface area contributed by atoms with Gasteiger partial charge in [0, 0.05) is 13.1 Å². The van der Waals surface area contributed by atoms with Crippen LogP contribution in [0.5, 0.6) is 0 Å². The van der Waals surface area contributed by atoms with E-state index in [1.54, 1.807) is 4.90 Å². The van der Waals surface area contributed by atoms with Gasteiger partial charge in [0.05, 0.1) is 25.9 Å². The third-order valence-corrected chi connectivity index (χ3v) is 4.82. The molecule has 1 atom stereocenters. The number of piperidine rings is 1. The first-order valence-corrected chi connectivity index (χ1v) is 8.53. The van der Waals surface area contributed by atoms with E-state index in [1.165, 1.54) is 5.56 Å². The fraction of sp³-hybridized carbons (Fsp3) is 0.611. The Morgan fingerprint density at radius 2 is 1.91 bits per heavy atom. The van der Waals surface area contributed by atoms with Crippen LogP contribution < -0.4 is 0 Å². The molecular weight excluding hydrogens is 292 g/mol. The molecule has 0 unspecified atom stereocenters. The number of aliphatic hydroxyl groups is 1. The number of nitrogens with zero attached hydrogens (tertiary/aromatic N) is 2. The molecule has 2 heterocycles. The number of hydrogen-bond donors (Lipinski definition) is 1. The minimum absolute atomic E-state index is 0.104. The third kappa shape index (κ3) is 4.53. The predicted octanol–water partition coefficient (Wildman–Crippen LogP) is 1.09. The summed E-state index contributed by atoms with van der Waals surface area (Å²) in [7, 11) is 0. The number of carbonyl (C=O) groups is 1. The van der Waals surface area contributed by atoms with Crippen molar-refractivity contribution in [2.45, 2.75) is 24.9 Å². The average molecular weight is 318 g/mol. The fourth-order valence-electron chi connectivity index (χ4n) is 3.46. The number of hydrogen-bond acceptors (Lipinski definition) is 4. The van der Waals surface area contributed by atoms with Gasteiger partial charge in [-0.1, -0.05) is 30.3 Å². The second kappa shape index (κ2) is 7.90. The quantitative estimate of drug-likeness (QED) is 0.906. The normalized spacial score (nSPS) is 24.4. The van der Waals surface area contributed by atoms with Crippen molar-refractivity contribution < 1.29 is 14.6 Å². The van der Waals surface area contributed by atoms with Gasteiger partial charge >= 0.3 is 0 Å². The van der Waals surface area contributed by atoms with Gasteiger partial charge < -0.3 is 14.7 Å². The molecule has 23 heavy (non-hydrogen) atoms. The Morgan fingerprint density at radius 3 is 2.65 bits per heavy atom. The topological polar surface area (TPSA) is 53.0 Å². The van der Waals surface area contributed by atoms with E-state index in [-0.39, 0.29) is 5.91 Å². The Kier molecular flexibility index (Phi) is 5.65. The smallest absolute Gasteiger partial charge is 0.236 e. The summed E-state index contributed by atoms with van der Waals surface area (Å²) < 4.78 is 5.28. The van der Waals surface area contributed by atoms with E-state index in [1.807, 2.05) is 0 Å². The monoisotopic (exact) mass is 318 g/mol. The Morgan fingerprint density at radius 1 is 1.17 bits per heavy atom. The van der Waals surface area contributed by atoms with Crippen molar-refractivity contribution in [3.05, 3.63) is 35.9 Å². The van der Waals surface area contributed by atoms with Crippen LogP contribution in [0.2, 0.25) is 0 Å². The minimum Gasteiger partial charge on any atom is -0.389 e. The van der Waals surface area contributed by atoms with Crippen molar-refractivity contribution in [2.75, 3.05) is 45.9 Å². The summed E-state index contributed by atoms with van der Waals surface area (Å²) >= 11 is 0. The highest BCUT2D eigenvalue weighted by atomic mass is 16.5. The van der Waals surface area contributed by atoms with Gasteiger partial charge in [0.25, 0.3) is 0 Å². The van der Waals surface area contributed by atoms with Crippen molar-refractivity contribution in [1.82, 2.24) is 9.80 Å². The van der Waals surface area contributed by atoms with E-state index in [4.69, 9.17) is 4.74 Å². The number of ether oxygens (including phenoxy) is 1. The molecule has 2 saturated heterocycles. The number of rotatable bonds is 3. The summed E-state index contributed by atoms with van der Waals surface area (Å²) in [5, 5.41) is 9.74. The molecule has 0 bridgehead atoms. The van der Waals surface area contributed by atoms with Gasteiger partial charge in [0.2, 0.25) is 5.91 Å². The summed E-state index contributed by atoms with van der Waals surface area (Å²) in [4.78, 5) is 16.4. The summed E-state index contributed by atoms with van der Waals surface area (Å²) in [5.41, 5.74) is 1.41. The van der Waals surface area contributed by atoms with E-state index >= 15 is 0 Å². The van der Waals surface area contributed by atoms with Crippen molar-refractivity contribution in [3.63, 3.8) is 0 Å². The van der Waals surface area contributed by atoms with Crippen LogP contribution >= 0.6 is 0 Å². The van der Waals surface area contributed by atoms with Crippen LogP contribution in [0.25, 0.3) is 0 Å². The van der Waals surface area contributed by atoms with Crippen molar-refractivity contribution >= 4 is 5.91 Å². The number of benzene rings is 1. The lowest BCUT2D eigenvalue weighted by Gasteiger charge is -2.33. The first kappa shape index (κ1) is 16.4. The molecule has 0 spiro atoms. The van der Waals surface area contributed by atoms with E-state index in [9.17, 15) is 9.90 Å². The maximum absolute atomic E-state index is 12.4. The minimum atomic E-state index is -0.565. The molecule has 3 rings (SSSR count). The SMILES string of the molecule is O=C(CN1CCC(c2ccccc2)CC1)N1CCOC[C@H](O)C1. The van der Waals surface area contributed by atoms with E-state index < -0.39 is 6.10 Å². The van der Waals surface area contributed by atoms with Crippen LogP contribution in [0.4, 0.5) is 0 Å². The summed E-state index contributed by atoms with van der Waals surface area (Å²) in [6, 6.07) is 10.6. The van der Waals surface area contributed by atoms with Gasteiger partial charge in [-0.3, -0.25) is 9.69 Å². The molecule has 1 aromatic carbocycles. The van der Waals surface area contributed by atoms with Crippen LogP contribution in [0, 0.1) is 0 Å². The largest absolute Gasteiger partial charge is 0.389 e. The number of likely N-dealkylation sites (tertiary alicyclic amines) is 1. The summed E-state index contributed by atoms with van der Waals surface area (Å²) in [6.45, 7) is 4.17. The van der Waals surface area contributed by atoms with Crippen molar-refractivity contribution in [2.24, 2.45) is 0 Å². The Hall–Kier alpha value is -1.43. The second-order valence-electron chi connectivity index (χ2n) is 6.53. The number of aliphatic hydroxyl groups excluding tert-OH is 1. The van der Waals surface area contributed by atoms with Crippen LogP contribution in [0.1, 0.15) is 24.3 Å². The number of amides is 1. The molecule has 0 radical (unpaired) electrons. The highest BCUT2D eigenvalue weighted by Gasteiger charge is 2.25. The molecule has 0 aromatic heterocycles. The lowest BCUT2D eigenvalue weighted by molar-refractivity contribution is -0.133. The molecule has 5 heteroatoms. The first-order chi connectivity index (χ1) is 11.2. The first-order valence-electron chi connectivity index (χ1n) is 8.53. The second-order valence-corrected chi connectivity index (χ2v) is 6.53. The van der Waals surface area contributed by atoms with Gasteiger partial charge in [0.15, 0.2) is 0 Å². The molecule has 126 valence electrons. The van der Waals surface area contributed by atoms with E-state index in [0.717, 1.165) is 25.9 Å². The molecule has 2 fully saturated rings. The van der Waals surface area contributed by atoms with Crippen LogP contribution in [0.3, 0.4) is 0 Å². The zero-order chi connectivity index (χ0) is 16.1. The predicted molar refractivity (Wildman–Crippen MR) is 88.3 cm³/mol. The molecule has 1 aromatic rings. The Bertz CT molecular complexity index is 500. The maximum atomic E-state index is 12.4. The summed E-state index contributed by atoms with van der Waals surface area (Å²) in [6.07, 6.45) is 1.64. The maximum Gasteiger partial charge on any atom is 0.236 e. The highest BCUT2D eigenvalue weighted by Crippen LogP contribution is 2.27. The Balaban J connectivity index is 1.47. The molecular formula is C18H26N2O3. The van der Waals surface area contributed by atoms with Gasteiger partial charge in [-0.2, -0.15) is 0 Å². The molecule has 0 saturated carbocycles. The highest BCUT2D eigenvalue weighted by molar-refractivity contribution is 5.78. The van der Waals surface area contributed by atoms with Gasteiger partial charge in [-0.15, -0.1) is 0 Å². The number of β-amino-alcohol motifs (C(OH)–C–C–N with tert-alkyl or cyclic N) is 1. The van der Waals surface area contributed by atoms with Crippen LogP contribution in [-0.2, 0) is 9.53 Å². The van der Waals surface area contributed by atoms with Gasteiger partial charge in [0.1, 0.15) is 0 Å². The van der Waals surface area contributed by atoms with Gasteiger partial charge in [-0.25, -0.2) is 0 Å². The fourth-order valence-corrected chi connectivity index (χ4v) is 3.46. The summed E-state index contributed by atoms with van der Waals surface area (Å²) in [5.74, 6) is 0.712. The van der Waals surface area contributed by atoms with E-state index in [2.05, 4.69) is 35.2 Å². The van der Waals surface area contributed by atoms with Crippen LogP contribution in [0.15, 0.2) is 30.3 Å². The van der Waals surface area contributed by atoms with Gasteiger partial charge in [-0.05, 0) is 37.4 Å². The Labute approximate surface area is 137 Å². The van der Waals surface area contributed by atoms with Crippen molar-refractivity contribution in [3.8, 4) is 0 Å². The lowest BCUT2D eigenvalue weighted by atomic mass is 9.89. The average Bonchev–Trinajstić information content (AvgIpc) is 2.81. The van der Waals surface area contributed by atoms with Crippen LogP contribution in [-0.4, -0.2) is 72.9 Å². The molecule has 5 nitrogen and oxygen atoms in total.